The van der Waals surface area contributed by atoms with Crippen molar-refractivity contribution in [1.82, 2.24) is 4.98 Å². The molecule has 2 heteroatoms. The monoisotopic (exact) mass is 172 g/mol. The first-order valence-electron chi connectivity index (χ1n) is 4.27. The van der Waals surface area contributed by atoms with E-state index in [4.69, 9.17) is 5.73 Å². The smallest absolute Gasteiger partial charge is 0.0460 e. The summed E-state index contributed by atoms with van der Waals surface area (Å²) in [6.45, 7) is 1.89. The molecule has 0 saturated carbocycles. The molecule has 13 heavy (non-hydrogen) atoms. The Morgan fingerprint density at radius 3 is 2.92 bits per heavy atom. The normalized spacial score (nSPS) is 12.2. The molecule has 1 heterocycles. The maximum Gasteiger partial charge on any atom is 0.0460 e. The maximum atomic E-state index is 5.62. The molecule has 0 bridgehead atoms. The summed E-state index contributed by atoms with van der Waals surface area (Å²) >= 11 is 0. The van der Waals surface area contributed by atoms with Crippen molar-refractivity contribution in [3.63, 3.8) is 0 Å². The first kappa shape index (κ1) is 7.92. The van der Waals surface area contributed by atoms with Gasteiger partial charge in [-0.1, -0.05) is 18.2 Å². The summed E-state index contributed by atoms with van der Waals surface area (Å²) in [5.74, 6) is 0. The van der Waals surface area contributed by atoms with Crippen LogP contribution in [-0.2, 0) is 0 Å². The quantitative estimate of drug-likeness (QED) is 0.681. The van der Waals surface area contributed by atoms with Crippen LogP contribution >= 0.6 is 0 Å². The molecule has 1 aromatic carbocycles. The van der Waals surface area contributed by atoms with E-state index >= 15 is 0 Å². The average molecular weight is 172 g/mol. The van der Waals surface area contributed by atoms with Crippen LogP contribution in [0.4, 0.5) is 0 Å². The molecular weight excluding hydrogens is 160 g/mol. The van der Waals surface area contributed by atoms with E-state index in [1.165, 1.54) is 5.39 Å². The number of hydrogen-bond donors (Lipinski definition) is 2. The predicted octanol–water partition coefficient (Wildman–Crippen LogP) is 2.49. The van der Waals surface area contributed by atoms with E-state index in [0.717, 1.165) is 16.8 Å². The second kappa shape index (κ2) is 2.98. The molecule has 0 amide bonds. The Morgan fingerprint density at radius 1 is 1.38 bits per heavy atom. The number of fused-ring (bicyclic) bond motifs is 1. The zero-order valence-electron chi connectivity index (χ0n) is 7.54. The Hall–Kier alpha value is -1.70. The minimum atomic E-state index is 0.824. The van der Waals surface area contributed by atoms with Gasteiger partial charge < -0.3 is 10.7 Å². The summed E-state index contributed by atoms with van der Waals surface area (Å²) in [5.41, 5.74) is 8.74. The Bertz CT molecular complexity index is 448. The fourth-order valence-corrected chi connectivity index (χ4v) is 1.46. The van der Waals surface area contributed by atoms with E-state index in [1.807, 2.05) is 31.3 Å². The Balaban J connectivity index is 2.65. The lowest BCUT2D eigenvalue weighted by Gasteiger charge is -1.91. The summed E-state index contributed by atoms with van der Waals surface area (Å²) < 4.78 is 0. The first-order valence-corrected chi connectivity index (χ1v) is 4.27. The van der Waals surface area contributed by atoms with Gasteiger partial charge in [0.1, 0.15) is 0 Å². The SMILES string of the molecule is C/C(N)=C/c1c[nH]c2ccccc12. The van der Waals surface area contributed by atoms with Crippen LogP contribution in [0.1, 0.15) is 12.5 Å². The van der Waals surface area contributed by atoms with Crippen LogP contribution in [-0.4, -0.2) is 4.98 Å². The molecule has 1 aromatic heterocycles. The van der Waals surface area contributed by atoms with E-state index in [0.29, 0.717) is 0 Å². The highest BCUT2D eigenvalue weighted by Gasteiger charge is 1.98. The highest BCUT2D eigenvalue weighted by atomic mass is 14.7. The fraction of sp³-hybridized carbons (Fsp3) is 0.0909. The lowest BCUT2D eigenvalue weighted by molar-refractivity contribution is 1.34. The standard InChI is InChI=1S/C11H12N2/c1-8(12)6-9-7-13-11-5-3-2-4-10(9)11/h2-7,13H,12H2,1H3/b8-6-. The van der Waals surface area contributed by atoms with E-state index in [9.17, 15) is 0 Å². The molecule has 0 spiro atoms. The number of aromatic nitrogens is 1. The van der Waals surface area contributed by atoms with Crippen molar-refractivity contribution in [2.45, 2.75) is 6.92 Å². The van der Waals surface area contributed by atoms with Gasteiger partial charge in [-0.05, 0) is 19.1 Å². The average Bonchev–Trinajstić information content (AvgIpc) is 2.48. The van der Waals surface area contributed by atoms with Crippen LogP contribution < -0.4 is 5.73 Å². The fourth-order valence-electron chi connectivity index (χ4n) is 1.46. The lowest BCUT2D eigenvalue weighted by atomic mass is 10.1. The number of allylic oxidation sites excluding steroid dienone is 1. The molecule has 0 aliphatic heterocycles. The Labute approximate surface area is 77.1 Å². The molecule has 2 rings (SSSR count). The zero-order chi connectivity index (χ0) is 9.26. The van der Waals surface area contributed by atoms with Crippen LogP contribution in [0.3, 0.4) is 0 Å². The summed E-state index contributed by atoms with van der Waals surface area (Å²) in [7, 11) is 0. The van der Waals surface area contributed by atoms with Crippen molar-refractivity contribution in [2.75, 3.05) is 0 Å². The Morgan fingerprint density at radius 2 is 2.15 bits per heavy atom. The molecule has 2 aromatic rings. The van der Waals surface area contributed by atoms with Gasteiger partial charge >= 0.3 is 0 Å². The number of H-pyrrole nitrogens is 1. The van der Waals surface area contributed by atoms with Gasteiger partial charge in [-0.3, -0.25) is 0 Å². The van der Waals surface area contributed by atoms with Gasteiger partial charge in [0.05, 0.1) is 0 Å². The number of aromatic amines is 1. The van der Waals surface area contributed by atoms with Crippen LogP contribution in [0.2, 0.25) is 0 Å². The van der Waals surface area contributed by atoms with E-state index in [2.05, 4.69) is 17.1 Å². The zero-order valence-corrected chi connectivity index (χ0v) is 7.54. The lowest BCUT2D eigenvalue weighted by Crippen LogP contribution is -1.88. The molecule has 3 N–H and O–H groups in total. The molecule has 0 saturated heterocycles. The molecule has 2 nitrogen and oxygen atoms in total. The van der Waals surface area contributed by atoms with Crippen molar-refractivity contribution in [3.05, 3.63) is 41.7 Å². The van der Waals surface area contributed by atoms with Crippen molar-refractivity contribution in [2.24, 2.45) is 5.73 Å². The van der Waals surface area contributed by atoms with Gasteiger partial charge in [0, 0.05) is 28.4 Å². The number of hydrogen-bond acceptors (Lipinski definition) is 1. The largest absolute Gasteiger partial charge is 0.402 e. The van der Waals surface area contributed by atoms with Gasteiger partial charge in [0.2, 0.25) is 0 Å². The highest BCUT2D eigenvalue weighted by molar-refractivity contribution is 5.88. The van der Waals surface area contributed by atoms with Crippen LogP contribution in [0.25, 0.3) is 17.0 Å². The Kier molecular flexibility index (Phi) is 1.81. The van der Waals surface area contributed by atoms with Gasteiger partial charge in [0.15, 0.2) is 0 Å². The molecule has 0 aliphatic rings. The van der Waals surface area contributed by atoms with E-state index < -0.39 is 0 Å². The predicted molar refractivity (Wildman–Crippen MR) is 56.1 cm³/mol. The molecule has 0 unspecified atom stereocenters. The van der Waals surface area contributed by atoms with Gasteiger partial charge in [-0.15, -0.1) is 0 Å². The van der Waals surface area contributed by atoms with E-state index in [-0.39, 0.29) is 0 Å². The van der Waals surface area contributed by atoms with E-state index in [1.54, 1.807) is 0 Å². The van der Waals surface area contributed by atoms with Crippen LogP contribution in [0, 0.1) is 0 Å². The second-order valence-electron chi connectivity index (χ2n) is 3.18. The maximum absolute atomic E-state index is 5.62. The summed E-state index contributed by atoms with van der Waals surface area (Å²) in [6, 6.07) is 8.18. The number of benzene rings is 1. The minimum Gasteiger partial charge on any atom is -0.402 e. The third-order valence-electron chi connectivity index (χ3n) is 2.00. The number of nitrogens with one attached hydrogen (secondary N) is 1. The molecular formula is C11H12N2. The third kappa shape index (κ3) is 1.43. The molecule has 0 fully saturated rings. The molecule has 66 valence electrons. The van der Waals surface area contributed by atoms with Gasteiger partial charge in [-0.25, -0.2) is 0 Å². The summed E-state index contributed by atoms with van der Waals surface area (Å²) in [6.07, 6.45) is 3.94. The van der Waals surface area contributed by atoms with Crippen molar-refractivity contribution in [1.29, 1.82) is 0 Å². The molecule has 0 atom stereocenters. The number of para-hydroxylation sites is 1. The van der Waals surface area contributed by atoms with Gasteiger partial charge in [0.25, 0.3) is 0 Å². The number of rotatable bonds is 1. The van der Waals surface area contributed by atoms with Crippen molar-refractivity contribution < 1.29 is 0 Å². The number of nitrogens with two attached hydrogens (primary N) is 1. The van der Waals surface area contributed by atoms with Crippen LogP contribution in [0.5, 0.6) is 0 Å². The van der Waals surface area contributed by atoms with Gasteiger partial charge in [-0.2, -0.15) is 0 Å². The minimum absolute atomic E-state index is 0.824. The third-order valence-corrected chi connectivity index (χ3v) is 2.00. The summed E-state index contributed by atoms with van der Waals surface area (Å²) in [4.78, 5) is 3.19. The summed E-state index contributed by atoms with van der Waals surface area (Å²) in [5, 5.41) is 1.22. The second-order valence-corrected chi connectivity index (χ2v) is 3.18. The van der Waals surface area contributed by atoms with Crippen molar-refractivity contribution >= 4 is 17.0 Å². The highest BCUT2D eigenvalue weighted by Crippen LogP contribution is 2.19. The van der Waals surface area contributed by atoms with Crippen LogP contribution in [0.15, 0.2) is 36.2 Å². The van der Waals surface area contributed by atoms with Crippen molar-refractivity contribution in [3.8, 4) is 0 Å². The first-order chi connectivity index (χ1) is 6.27. The molecule has 0 radical (unpaired) electrons. The molecule has 0 aliphatic carbocycles. The topological polar surface area (TPSA) is 41.8 Å².